The van der Waals surface area contributed by atoms with Gasteiger partial charge in [0.25, 0.3) is 0 Å². The number of thiazole rings is 1. The summed E-state index contributed by atoms with van der Waals surface area (Å²) in [6, 6.07) is 14.2. The smallest absolute Gasteiger partial charge is 0.102 e. The molecule has 1 atom stereocenters. The summed E-state index contributed by atoms with van der Waals surface area (Å²) < 4.78 is 0. The highest BCUT2D eigenvalue weighted by Gasteiger charge is 2.26. The molecule has 3 rings (SSSR count). The van der Waals surface area contributed by atoms with E-state index in [1.807, 2.05) is 37.3 Å². The van der Waals surface area contributed by atoms with Gasteiger partial charge >= 0.3 is 0 Å². The Labute approximate surface area is 132 Å². The fourth-order valence-corrected chi connectivity index (χ4v) is 4.10. The van der Waals surface area contributed by atoms with E-state index >= 15 is 0 Å². The van der Waals surface area contributed by atoms with Gasteiger partial charge < -0.3 is 5.11 Å². The summed E-state index contributed by atoms with van der Waals surface area (Å²) in [6.45, 7) is 3.92. The molecule has 108 valence electrons. The standard InChI is InChI=1S/C17H17NOS2/c1-12-8-9-15(21-12)17(2,19)10-16-18-14(11-20-16)13-6-4-3-5-7-13/h3-9,11,19H,10H2,1-2H3. The quantitative estimate of drug-likeness (QED) is 0.761. The summed E-state index contributed by atoms with van der Waals surface area (Å²) in [5.41, 5.74) is 1.24. The van der Waals surface area contributed by atoms with Gasteiger partial charge in [0.1, 0.15) is 5.60 Å². The molecular weight excluding hydrogens is 298 g/mol. The van der Waals surface area contributed by atoms with Crippen LogP contribution in [0, 0.1) is 6.92 Å². The number of benzene rings is 1. The van der Waals surface area contributed by atoms with Crippen LogP contribution in [-0.4, -0.2) is 10.1 Å². The number of thiophene rings is 1. The Morgan fingerprint density at radius 1 is 1.14 bits per heavy atom. The first-order valence-electron chi connectivity index (χ1n) is 6.84. The molecule has 1 unspecified atom stereocenters. The lowest BCUT2D eigenvalue weighted by atomic mass is 10.0. The van der Waals surface area contributed by atoms with Crippen LogP contribution in [0.3, 0.4) is 0 Å². The maximum Gasteiger partial charge on any atom is 0.102 e. The molecule has 0 aliphatic rings. The fourth-order valence-electron chi connectivity index (χ4n) is 2.24. The maximum atomic E-state index is 10.7. The third-order valence-electron chi connectivity index (χ3n) is 3.39. The minimum absolute atomic E-state index is 0.546. The predicted molar refractivity (Wildman–Crippen MR) is 89.9 cm³/mol. The van der Waals surface area contributed by atoms with Crippen molar-refractivity contribution < 1.29 is 5.11 Å². The SMILES string of the molecule is Cc1ccc(C(C)(O)Cc2nc(-c3ccccc3)cs2)s1. The van der Waals surface area contributed by atoms with Crippen molar-refractivity contribution >= 4 is 22.7 Å². The molecule has 0 bridgehead atoms. The summed E-state index contributed by atoms with van der Waals surface area (Å²) in [5, 5.41) is 13.7. The molecular formula is C17H17NOS2. The van der Waals surface area contributed by atoms with Gasteiger partial charge in [0, 0.05) is 27.1 Å². The van der Waals surface area contributed by atoms with Gasteiger partial charge in [-0.1, -0.05) is 30.3 Å². The van der Waals surface area contributed by atoms with Gasteiger partial charge in [-0.25, -0.2) is 4.98 Å². The van der Waals surface area contributed by atoms with Gasteiger partial charge in [0.05, 0.1) is 10.7 Å². The van der Waals surface area contributed by atoms with Crippen molar-refractivity contribution in [3.8, 4) is 11.3 Å². The molecule has 1 N–H and O–H groups in total. The lowest BCUT2D eigenvalue weighted by Crippen LogP contribution is -2.22. The Bertz CT molecular complexity index is 728. The van der Waals surface area contributed by atoms with E-state index in [1.165, 1.54) is 4.88 Å². The zero-order valence-corrected chi connectivity index (χ0v) is 13.7. The fraction of sp³-hybridized carbons (Fsp3) is 0.235. The van der Waals surface area contributed by atoms with E-state index in [4.69, 9.17) is 0 Å². The highest BCUT2D eigenvalue weighted by Crippen LogP contribution is 2.32. The number of aromatic nitrogens is 1. The molecule has 3 aromatic rings. The lowest BCUT2D eigenvalue weighted by Gasteiger charge is -2.20. The highest BCUT2D eigenvalue weighted by atomic mass is 32.1. The molecule has 0 fully saturated rings. The predicted octanol–water partition coefficient (Wildman–Crippen LogP) is 4.63. The molecule has 21 heavy (non-hydrogen) atoms. The van der Waals surface area contributed by atoms with Crippen molar-refractivity contribution in [1.82, 2.24) is 4.98 Å². The lowest BCUT2D eigenvalue weighted by molar-refractivity contribution is 0.0614. The van der Waals surface area contributed by atoms with Crippen LogP contribution in [0.5, 0.6) is 0 Å². The highest BCUT2D eigenvalue weighted by molar-refractivity contribution is 7.12. The van der Waals surface area contributed by atoms with E-state index in [2.05, 4.69) is 29.4 Å². The number of nitrogens with zero attached hydrogens (tertiary/aromatic N) is 1. The van der Waals surface area contributed by atoms with Crippen LogP contribution < -0.4 is 0 Å². The van der Waals surface area contributed by atoms with E-state index in [0.29, 0.717) is 6.42 Å². The van der Waals surface area contributed by atoms with Crippen molar-refractivity contribution in [2.24, 2.45) is 0 Å². The van der Waals surface area contributed by atoms with Crippen molar-refractivity contribution in [3.63, 3.8) is 0 Å². The second-order valence-corrected chi connectivity index (χ2v) is 7.58. The summed E-state index contributed by atoms with van der Waals surface area (Å²) in [6.07, 6.45) is 0.546. The molecule has 0 aliphatic carbocycles. The molecule has 0 amide bonds. The molecule has 0 spiro atoms. The Balaban J connectivity index is 1.81. The second kappa shape index (κ2) is 5.72. The molecule has 2 nitrogen and oxygen atoms in total. The zero-order valence-electron chi connectivity index (χ0n) is 12.0. The van der Waals surface area contributed by atoms with Gasteiger partial charge in [-0.15, -0.1) is 22.7 Å². The first-order chi connectivity index (χ1) is 10.0. The normalized spacial score (nSPS) is 14.0. The number of hydrogen-bond donors (Lipinski definition) is 1. The average molecular weight is 315 g/mol. The van der Waals surface area contributed by atoms with Crippen LogP contribution in [0.15, 0.2) is 47.8 Å². The van der Waals surface area contributed by atoms with Crippen molar-refractivity contribution in [2.45, 2.75) is 25.9 Å². The minimum Gasteiger partial charge on any atom is -0.384 e. The molecule has 0 aliphatic heterocycles. The van der Waals surface area contributed by atoms with Crippen LogP contribution in [0.1, 0.15) is 21.7 Å². The van der Waals surface area contributed by atoms with E-state index in [0.717, 1.165) is 21.1 Å². The number of rotatable bonds is 4. The van der Waals surface area contributed by atoms with Gasteiger partial charge in [-0.3, -0.25) is 0 Å². The van der Waals surface area contributed by atoms with Crippen molar-refractivity contribution in [2.75, 3.05) is 0 Å². The second-order valence-electron chi connectivity index (χ2n) is 5.35. The van der Waals surface area contributed by atoms with E-state index < -0.39 is 5.60 Å². The van der Waals surface area contributed by atoms with Crippen LogP contribution in [0.4, 0.5) is 0 Å². The molecule has 2 aromatic heterocycles. The zero-order chi connectivity index (χ0) is 14.9. The monoisotopic (exact) mass is 315 g/mol. The maximum absolute atomic E-state index is 10.7. The molecule has 1 aromatic carbocycles. The number of hydrogen-bond acceptors (Lipinski definition) is 4. The Morgan fingerprint density at radius 3 is 2.57 bits per heavy atom. The average Bonchev–Trinajstić information content (AvgIpc) is 3.09. The Kier molecular flexibility index (Phi) is 3.93. The summed E-state index contributed by atoms with van der Waals surface area (Å²) in [4.78, 5) is 6.87. The summed E-state index contributed by atoms with van der Waals surface area (Å²) in [7, 11) is 0. The number of aliphatic hydroxyl groups is 1. The van der Waals surface area contributed by atoms with Crippen LogP contribution in [0.25, 0.3) is 11.3 Å². The Hall–Kier alpha value is -1.49. The topological polar surface area (TPSA) is 33.1 Å². The first-order valence-corrected chi connectivity index (χ1v) is 8.53. The first kappa shape index (κ1) is 14.4. The largest absolute Gasteiger partial charge is 0.384 e. The third kappa shape index (κ3) is 3.23. The van der Waals surface area contributed by atoms with Crippen LogP contribution >= 0.6 is 22.7 Å². The van der Waals surface area contributed by atoms with Crippen molar-refractivity contribution in [3.05, 3.63) is 62.6 Å². The third-order valence-corrected chi connectivity index (χ3v) is 5.49. The molecule has 0 saturated heterocycles. The van der Waals surface area contributed by atoms with Crippen LogP contribution in [-0.2, 0) is 12.0 Å². The van der Waals surface area contributed by atoms with Crippen molar-refractivity contribution in [1.29, 1.82) is 0 Å². The van der Waals surface area contributed by atoms with E-state index in [1.54, 1.807) is 22.7 Å². The van der Waals surface area contributed by atoms with Gasteiger partial charge in [-0.05, 0) is 26.0 Å². The van der Waals surface area contributed by atoms with Gasteiger partial charge in [-0.2, -0.15) is 0 Å². The Morgan fingerprint density at radius 2 is 1.90 bits per heavy atom. The van der Waals surface area contributed by atoms with Gasteiger partial charge in [0.15, 0.2) is 0 Å². The van der Waals surface area contributed by atoms with Crippen LogP contribution in [0.2, 0.25) is 0 Å². The molecule has 2 heterocycles. The minimum atomic E-state index is -0.856. The summed E-state index contributed by atoms with van der Waals surface area (Å²) in [5.74, 6) is 0. The van der Waals surface area contributed by atoms with E-state index in [9.17, 15) is 5.11 Å². The van der Waals surface area contributed by atoms with Gasteiger partial charge in [0.2, 0.25) is 0 Å². The number of aryl methyl sites for hydroxylation is 1. The summed E-state index contributed by atoms with van der Waals surface area (Å²) >= 11 is 3.25. The van der Waals surface area contributed by atoms with E-state index in [-0.39, 0.29) is 0 Å². The molecule has 0 saturated carbocycles. The molecule has 4 heteroatoms. The molecule has 0 radical (unpaired) electrons.